The Morgan fingerprint density at radius 2 is 1.59 bits per heavy atom. The van der Waals surface area contributed by atoms with Crippen LogP contribution < -0.4 is 14.8 Å². The number of anilines is 3. The lowest BCUT2D eigenvalue weighted by molar-refractivity contribution is 0.102. The molecule has 0 fully saturated rings. The molecule has 3 aromatic rings. The quantitative estimate of drug-likeness (QED) is 0.456. The molecule has 0 saturated heterocycles. The maximum Gasteiger partial charge on any atom is 0.264 e. The summed E-state index contributed by atoms with van der Waals surface area (Å²) < 4.78 is 52.1. The van der Waals surface area contributed by atoms with Crippen molar-refractivity contribution in [3.8, 4) is 0 Å². The predicted octanol–water partition coefficient (Wildman–Crippen LogP) is 2.86. The number of amides is 1. The highest BCUT2D eigenvalue weighted by atomic mass is 35.5. The van der Waals surface area contributed by atoms with Gasteiger partial charge in [-0.1, -0.05) is 11.6 Å². The van der Waals surface area contributed by atoms with E-state index >= 15 is 0 Å². The molecule has 0 saturated carbocycles. The van der Waals surface area contributed by atoms with E-state index in [1.54, 1.807) is 13.0 Å². The van der Waals surface area contributed by atoms with Crippen molar-refractivity contribution in [2.75, 3.05) is 21.0 Å². The maximum atomic E-state index is 12.5. The van der Waals surface area contributed by atoms with Gasteiger partial charge in [0, 0.05) is 23.3 Å². The molecule has 1 amide bonds. The van der Waals surface area contributed by atoms with Gasteiger partial charge in [0.1, 0.15) is 0 Å². The number of hydrogen-bond acceptors (Lipinski definition) is 7. The van der Waals surface area contributed by atoms with Gasteiger partial charge in [-0.05, 0) is 55.5 Å². The fourth-order valence-corrected chi connectivity index (χ4v) is 4.34. The molecule has 0 aliphatic heterocycles. The van der Waals surface area contributed by atoms with E-state index in [0.717, 1.165) is 6.26 Å². The first-order valence-electron chi connectivity index (χ1n) is 8.94. The van der Waals surface area contributed by atoms with Gasteiger partial charge in [0.15, 0.2) is 0 Å². The van der Waals surface area contributed by atoms with Crippen LogP contribution in [-0.2, 0) is 20.0 Å². The summed E-state index contributed by atoms with van der Waals surface area (Å²) in [5, 5.41) is 2.64. The van der Waals surface area contributed by atoms with Crippen LogP contribution in [0.3, 0.4) is 0 Å². The van der Waals surface area contributed by atoms with Crippen LogP contribution >= 0.6 is 11.6 Å². The smallest absolute Gasteiger partial charge is 0.264 e. The lowest BCUT2D eigenvalue weighted by atomic mass is 10.2. The van der Waals surface area contributed by atoms with E-state index in [-0.39, 0.29) is 27.1 Å². The standard InChI is InChI=1S/C19H18ClN5O5S2/c1-12-9-10-21-19(22-12)25-32(29,30)15-6-3-13(4-7-15)23-18(26)16-8-5-14(11-17(16)20)24-31(2,27)28/h3-11,24H,1-2H3,(H,23,26)(H,21,22,25). The molecular weight excluding hydrogens is 478 g/mol. The van der Waals surface area contributed by atoms with E-state index in [1.165, 1.54) is 48.7 Å². The number of benzene rings is 2. The van der Waals surface area contributed by atoms with Crippen molar-refractivity contribution in [3.05, 3.63) is 71.0 Å². The van der Waals surface area contributed by atoms with Gasteiger partial charge in [0.05, 0.1) is 21.7 Å². The molecule has 3 rings (SSSR count). The second-order valence-corrected chi connectivity index (χ2v) is 10.5. The number of hydrogen-bond donors (Lipinski definition) is 3. The van der Waals surface area contributed by atoms with E-state index in [2.05, 4.69) is 24.7 Å². The van der Waals surface area contributed by atoms with Gasteiger partial charge in [0.2, 0.25) is 16.0 Å². The largest absolute Gasteiger partial charge is 0.322 e. The number of nitrogens with one attached hydrogen (secondary N) is 3. The number of aromatic nitrogens is 2. The molecule has 2 aromatic carbocycles. The molecule has 0 aliphatic carbocycles. The van der Waals surface area contributed by atoms with Crippen LogP contribution in [0.15, 0.2) is 59.6 Å². The van der Waals surface area contributed by atoms with Crippen LogP contribution in [0.25, 0.3) is 0 Å². The number of sulfonamides is 2. The van der Waals surface area contributed by atoms with Crippen molar-refractivity contribution in [2.45, 2.75) is 11.8 Å². The summed E-state index contributed by atoms with van der Waals surface area (Å²) in [4.78, 5) is 20.3. The van der Waals surface area contributed by atoms with Crippen LogP contribution in [0.5, 0.6) is 0 Å². The van der Waals surface area contributed by atoms with Gasteiger partial charge in [-0.2, -0.15) is 0 Å². The van der Waals surface area contributed by atoms with Gasteiger partial charge in [0.25, 0.3) is 15.9 Å². The van der Waals surface area contributed by atoms with Gasteiger partial charge < -0.3 is 5.32 Å². The van der Waals surface area contributed by atoms with Crippen LogP contribution in [0.1, 0.15) is 16.1 Å². The minimum absolute atomic E-state index is 0.0395. The van der Waals surface area contributed by atoms with Crippen LogP contribution in [0.2, 0.25) is 5.02 Å². The molecule has 0 bridgehead atoms. The molecule has 0 spiro atoms. The third-order valence-electron chi connectivity index (χ3n) is 3.96. The average Bonchev–Trinajstić information content (AvgIpc) is 2.66. The molecule has 168 valence electrons. The van der Waals surface area contributed by atoms with Crippen molar-refractivity contribution in [2.24, 2.45) is 0 Å². The van der Waals surface area contributed by atoms with Crippen molar-refractivity contribution in [1.29, 1.82) is 0 Å². The zero-order chi connectivity index (χ0) is 23.5. The van der Waals surface area contributed by atoms with Gasteiger partial charge >= 0.3 is 0 Å². The van der Waals surface area contributed by atoms with Gasteiger partial charge in [-0.3, -0.25) is 9.52 Å². The Morgan fingerprint density at radius 1 is 0.938 bits per heavy atom. The fraction of sp³-hybridized carbons (Fsp3) is 0.105. The van der Waals surface area contributed by atoms with Crippen molar-refractivity contribution in [1.82, 2.24) is 9.97 Å². The molecule has 3 N–H and O–H groups in total. The second kappa shape index (κ2) is 9.10. The highest BCUT2D eigenvalue weighted by Gasteiger charge is 2.17. The highest BCUT2D eigenvalue weighted by molar-refractivity contribution is 7.92. The Hall–Kier alpha value is -3.22. The first-order valence-corrected chi connectivity index (χ1v) is 12.7. The third kappa shape index (κ3) is 6.15. The zero-order valence-electron chi connectivity index (χ0n) is 16.8. The predicted molar refractivity (Wildman–Crippen MR) is 122 cm³/mol. The highest BCUT2D eigenvalue weighted by Crippen LogP contribution is 2.23. The number of aryl methyl sites for hydroxylation is 1. The topological polar surface area (TPSA) is 147 Å². The molecule has 1 aromatic heterocycles. The molecule has 32 heavy (non-hydrogen) atoms. The summed E-state index contributed by atoms with van der Waals surface area (Å²) in [6.45, 7) is 1.71. The zero-order valence-corrected chi connectivity index (χ0v) is 19.2. The summed E-state index contributed by atoms with van der Waals surface area (Å²) in [6.07, 6.45) is 2.43. The monoisotopic (exact) mass is 495 g/mol. The Labute approximate surface area is 190 Å². The summed E-state index contributed by atoms with van der Waals surface area (Å²) in [7, 11) is -7.40. The number of carbonyl (C=O) groups is 1. The van der Waals surface area contributed by atoms with E-state index in [0.29, 0.717) is 11.4 Å². The Kier molecular flexibility index (Phi) is 6.67. The van der Waals surface area contributed by atoms with E-state index in [9.17, 15) is 21.6 Å². The first-order chi connectivity index (χ1) is 14.9. The minimum Gasteiger partial charge on any atom is -0.322 e. The molecule has 0 aliphatic rings. The molecule has 1 heterocycles. The third-order valence-corrected chi connectivity index (χ3v) is 6.22. The number of carbonyl (C=O) groups excluding carboxylic acids is 1. The lowest BCUT2D eigenvalue weighted by Gasteiger charge is -2.10. The molecular formula is C19H18ClN5O5S2. The van der Waals surface area contributed by atoms with Crippen molar-refractivity contribution < 1.29 is 21.6 Å². The van der Waals surface area contributed by atoms with E-state index in [4.69, 9.17) is 11.6 Å². The Bertz CT molecular complexity index is 1380. The van der Waals surface area contributed by atoms with Gasteiger partial charge in [-0.15, -0.1) is 0 Å². The van der Waals surface area contributed by atoms with E-state index < -0.39 is 26.0 Å². The summed E-state index contributed by atoms with van der Waals surface area (Å²) in [5.74, 6) is -0.603. The fourth-order valence-electron chi connectivity index (χ4n) is 2.57. The van der Waals surface area contributed by atoms with Crippen LogP contribution in [-0.4, -0.2) is 39.0 Å². The maximum absolute atomic E-state index is 12.5. The number of halogens is 1. The second-order valence-electron chi connectivity index (χ2n) is 6.67. The molecule has 0 unspecified atom stereocenters. The van der Waals surface area contributed by atoms with Crippen molar-refractivity contribution in [3.63, 3.8) is 0 Å². The van der Waals surface area contributed by atoms with Gasteiger partial charge in [-0.25, -0.2) is 31.5 Å². The summed E-state index contributed by atoms with van der Waals surface area (Å²) in [5.41, 5.74) is 1.26. The molecule has 0 radical (unpaired) electrons. The van der Waals surface area contributed by atoms with Crippen LogP contribution in [0, 0.1) is 6.92 Å². The number of nitrogens with zero attached hydrogens (tertiary/aromatic N) is 2. The van der Waals surface area contributed by atoms with Crippen LogP contribution in [0.4, 0.5) is 17.3 Å². The average molecular weight is 496 g/mol. The summed E-state index contributed by atoms with van der Waals surface area (Å²) in [6, 6.07) is 11.2. The normalized spacial score (nSPS) is 11.6. The Morgan fingerprint density at radius 3 is 2.19 bits per heavy atom. The molecule has 0 atom stereocenters. The SMILES string of the molecule is Cc1ccnc(NS(=O)(=O)c2ccc(NC(=O)c3ccc(NS(C)(=O)=O)cc3Cl)cc2)n1. The molecule has 13 heteroatoms. The lowest BCUT2D eigenvalue weighted by Crippen LogP contribution is -2.16. The first kappa shape index (κ1) is 23.4. The summed E-state index contributed by atoms with van der Waals surface area (Å²) >= 11 is 6.10. The van der Waals surface area contributed by atoms with Crippen molar-refractivity contribution >= 4 is 54.9 Å². The molecule has 10 nitrogen and oxygen atoms in total. The minimum atomic E-state index is -3.92. The Balaban J connectivity index is 1.72. The number of rotatable bonds is 7. The van der Waals surface area contributed by atoms with E-state index in [1.807, 2.05) is 0 Å².